The number of nitrogens with zero attached hydrogens (tertiary/aromatic N) is 5. The minimum Gasteiger partial charge on any atom is -0.497 e. The second-order valence-corrected chi connectivity index (χ2v) is 26.9. The molecule has 0 saturated carbocycles. The van der Waals surface area contributed by atoms with Crippen LogP contribution < -0.4 is 14.2 Å². The summed E-state index contributed by atoms with van der Waals surface area (Å²) in [5, 5.41) is 0. The summed E-state index contributed by atoms with van der Waals surface area (Å²) in [5.74, 6) is 1.73. The van der Waals surface area contributed by atoms with E-state index in [-0.39, 0.29) is 23.3 Å². The Morgan fingerprint density at radius 2 is 1.46 bits per heavy atom. The largest absolute Gasteiger partial charge is 0.497 e. The summed E-state index contributed by atoms with van der Waals surface area (Å²) in [5.41, 5.74) is 2.69. The number of ether oxygens (including phenoxy) is 5. The molecule has 4 aromatic carbocycles. The number of methoxy groups -OCH3 is 2. The zero-order chi connectivity index (χ0) is 45.2. The molecule has 0 N–H and O–H groups in total. The van der Waals surface area contributed by atoms with Gasteiger partial charge in [0.1, 0.15) is 35.8 Å². The van der Waals surface area contributed by atoms with Gasteiger partial charge in [0.25, 0.3) is 8.53 Å². The average Bonchev–Trinajstić information content (AvgIpc) is 4.13. The van der Waals surface area contributed by atoms with Crippen molar-refractivity contribution in [2.75, 3.05) is 39.7 Å². The third-order valence-corrected chi connectivity index (χ3v) is 17.7. The second-order valence-electron chi connectivity index (χ2n) is 17.8. The van der Waals surface area contributed by atoms with E-state index in [0.29, 0.717) is 30.1 Å². The van der Waals surface area contributed by atoms with Crippen LogP contribution in [0.4, 0.5) is 0 Å². The van der Waals surface area contributed by atoms with Gasteiger partial charge in [-0.1, -0.05) is 92.4 Å². The van der Waals surface area contributed by atoms with Crippen LogP contribution in [0.15, 0.2) is 127 Å². The van der Waals surface area contributed by atoms with Crippen molar-refractivity contribution in [1.29, 1.82) is 0 Å². The van der Waals surface area contributed by atoms with Crippen molar-refractivity contribution in [3.8, 4) is 17.4 Å². The number of imidazole rings is 1. The van der Waals surface area contributed by atoms with Gasteiger partial charge in [0.05, 0.1) is 56.6 Å². The maximum absolute atomic E-state index is 13.7. The predicted octanol–water partition coefficient (Wildman–Crippen LogP) is 8.81. The van der Waals surface area contributed by atoms with Crippen LogP contribution in [0.2, 0.25) is 25.7 Å². The Kier molecular flexibility index (Phi) is 13.4. The third kappa shape index (κ3) is 9.59. The van der Waals surface area contributed by atoms with Crippen LogP contribution in [0, 0.1) is 0 Å². The summed E-state index contributed by atoms with van der Waals surface area (Å²) in [7, 11) is -3.34. The Hall–Kier alpha value is -4.77. The lowest BCUT2D eigenvalue weighted by atomic mass is 9.80. The van der Waals surface area contributed by atoms with E-state index < -0.39 is 56.6 Å². The number of fused-ring (bicyclic) bond motifs is 2. The monoisotopic (exact) mass is 937 g/mol. The Labute approximate surface area is 383 Å². The molecule has 0 unspecified atom stereocenters. The van der Waals surface area contributed by atoms with Gasteiger partial charge in [-0.05, 0) is 72.0 Å². The summed E-state index contributed by atoms with van der Waals surface area (Å²) in [4.78, 5) is 14.1. The average molecular weight is 938 g/mol. The normalized spacial score (nSPS) is 22.6. The number of sulfone groups is 1. The smallest absolute Gasteiger partial charge is 0.259 e. The van der Waals surface area contributed by atoms with E-state index >= 15 is 0 Å². The van der Waals surface area contributed by atoms with E-state index in [0.717, 1.165) is 53.6 Å². The van der Waals surface area contributed by atoms with E-state index in [2.05, 4.69) is 46.4 Å². The number of rotatable bonds is 18. The second kappa shape index (κ2) is 19.2. The number of aromatic nitrogens is 4. The summed E-state index contributed by atoms with van der Waals surface area (Å²) >= 11 is 0. The lowest BCUT2D eigenvalue weighted by Crippen LogP contribution is -2.38. The van der Waals surface area contributed by atoms with Crippen LogP contribution in [0.5, 0.6) is 17.4 Å². The SMILES string of the molecule is COc1ccc(C(OC[C@H]2O[C@@H](n3cnc4c(OCC[Si](C)(C)C)ncnc43)C[C@@H]2O[P@@]2O[C@H](CS(=O)(=O)c3ccccc3)[C@@H]3CCCN32)(c2ccccc2)c2ccc(OC)cc2)cc1. The highest BCUT2D eigenvalue weighted by molar-refractivity contribution is 7.91. The first-order valence-electron chi connectivity index (χ1n) is 22.1. The molecule has 3 fully saturated rings. The number of hydrogen-bond donors (Lipinski definition) is 0. The van der Waals surface area contributed by atoms with Crippen LogP contribution in [-0.2, 0) is 34.0 Å². The van der Waals surface area contributed by atoms with Gasteiger partial charge in [-0.25, -0.2) is 23.1 Å². The Morgan fingerprint density at radius 3 is 2.11 bits per heavy atom. The van der Waals surface area contributed by atoms with Gasteiger partial charge in [0, 0.05) is 27.1 Å². The summed E-state index contributed by atoms with van der Waals surface area (Å²) in [6.07, 6.45) is 3.10. The standard InChI is InChI=1S/C48H56N5O9PSSi/c1-56-37-22-18-35(19-23-37)48(34-13-8-6-9-14-34,36-20-24-38(57-2)25-21-36)59-30-42-41(29-44(60-42)52-33-51-45-46(52)49-32-50-47(45)58-27-28-65(3,4)5)61-63-53-26-12-17-40(53)43(62-63)31-64(54,55)39-15-10-7-11-16-39/h6-11,13-16,18-25,32-33,40-44H,12,17,26-31H2,1-5H3/t40-,41-,42+,43+,44+,63-/m0/s1. The zero-order valence-electron chi connectivity index (χ0n) is 37.4. The molecule has 17 heteroatoms. The molecule has 0 radical (unpaired) electrons. The highest BCUT2D eigenvalue weighted by Crippen LogP contribution is 2.58. The van der Waals surface area contributed by atoms with E-state index in [1.807, 2.05) is 77.4 Å². The Balaban J connectivity index is 1.06. The van der Waals surface area contributed by atoms with E-state index in [1.165, 1.54) is 6.33 Å². The fourth-order valence-corrected chi connectivity index (χ4v) is 13.2. The van der Waals surface area contributed by atoms with Gasteiger partial charge in [0.2, 0.25) is 5.88 Å². The number of hydrogen-bond acceptors (Lipinski definition) is 13. The van der Waals surface area contributed by atoms with Crippen molar-refractivity contribution >= 4 is 37.6 Å². The lowest BCUT2D eigenvalue weighted by molar-refractivity contribution is -0.0906. The van der Waals surface area contributed by atoms with E-state index in [1.54, 1.807) is 44.8 Å². The Morgan fingerprint density at radius 1 is 0.815 bits per heavy atom. The molecule has 3 saturated heterocycles. The third-order valence-electron chi connectivity index (χ3n) is 12.4. The van der Waals surface area contributed by atoms with Gasteiger partial charge >= 0.3 is 0 Å². The minimum atomic E-state index is -3.62. The van der Waals surface area contributed by atoms with Crippen molar-refractivity contribution < 1.29 is 41.1 Å². The summed E-state index contributed by atoms with van der Waals surface area (Å²) in [6.45, 7) is 8.31. The quantitative estimate of drug-likeness (QED) is 0.0460. The highest BCUT2D eigenvalue weighted by Gasteiger charge is 2.51. The molecule has 6 atom stereocenters. The first-order valence-corrected chi connectivity index (χ1v) is 28.6. The van der Waals surface area contributed by atoms with Crippen molar-refractivity contribution in [1.82, 2.24) is 24.2 Å². The molecule has 9 rings (SSSR count). The van der Waals surface area contributed by atoms with Crippen LogP contribution in [0.3, 0.4) is 0 Å². The summed E-state index contributed by atoms with van der Waals surface area (Å²) in [6, 6.07) is 35.4. The molecule has 3 aliphatic heterocycles. The maximum Gasteiger partial charge on any atom is 0.259 e. The minimum absolute atomic E-state index is 0.0862. The van der Waals surface area contributed by atoms with Crippen molar-refractivity contribution in [2.24, 2.45) is 0 Å². The van der Waals surface area contributed by atoms with Crippen molar-refractivity contribution in [3.05, 3.63) is 139 Å². The molecule has 3 aliphatic rings. The van der Waals surface area contributed by atoms with E-state index in [9.17, 15) is 8.42 Å². The Bertz CT molecular complexity index is 2590. The van der Waals surface area contributed by atoms with Crippen LogP contribution in [-0.4, -0.2) is 105 Å². The van der Waals surface area contributed by atoms with E-state index in [4.69, 9.17) is 37.7 Å². The highest BCUT2D eigenvalue weighted by atomic mass is 32.2. The molecule has 0 amide bonds. The molecule has 5 heterocycles. The molecular formula is C48H56N5O9PSSi. The van der Waals surface area contributed by atoms with Crippen LogP contribution in [0.1, 0.15) is 42.2 Å². The fourth-order valence-electron chi connectivity index (χ4n) is 8.90. The van der Waals surface area contributed by atoms with Crippen LogP contribution >= 0.6 is 8.53 Å². The maximum atomic E-state index is 13.7. The molecule has 0 bridgehead atoms. The van der Waals surface area contributed by atoms with Gasteiger partial charge < -0.3 is 32.7 Å². The van der Waals surface area contributed by atoms with Crippen molar-refractivity contribution in [3.63, 3.8) is 0 Å². The molecule has 342 valence electrons. The van der Waals surface area contributed by atoms with Gasteiger partial charge in [-0.15, -0.1) is 0 Å². The molecular weight excluding hydrogens is 882 g/mol. The van der Waals surface area contributed by atoms with Crippen LogP contribution in [0.25, 0.3) is 11.2 Å². The van der Waals surface area contributed by atoms with Gasteiger partial charge in [-0.3, -0.25) is 4.57 Å². The first-order chi connectivity index (χ1) is 31.5. The molecule has 0 aliphatic carbocycles. The van der Waals surface area contributed by atoms with Crippen molar-refractivity contribution in [2.45, 2.75) is 86.0 Å². The lowest BCUT2D eigenvalue weighted by Gasteiger charge is -2.37. The predicted molar refractivity (Wildman–Crippen MR) is 251 cm³/mol. The molecule has 65 heavy (non-hydrogen) atoms. The fraction of sp³-hybridized carbons (Fsp3) is 0.396. The molecule has 14 nitrogen and oxygen atoms in total. The molecule has 6 aromatic rings. The first kappa shape index (κ1) is 45.4. The molecule has 0 spiro atoms. The zero-order valence-corrected chi connectivity index (χ0v) is 40.1. The number of benzene rings is 4. The summed E-state index contributed by atoms with van der Waals surface area (Å²) < 4.78 is 77.1. The van der Waals surface area contributed by atoms with Gasteiger partial charge in [0.15, 0.2) is 21.0 Å². The molecule has 2 aromatic heterocycles. The topological polar surface area (TPSA) is 146 Å². The van der Waals surface area contributed by atoms with Gasteiger partial charge in [-0.2, -0.15) is 4.98 Å².